The van der Waals surface area contributed by atoms with E-state index in [1.165, 1.54) is 10.9 Å². The van der Waals surface area contributed by atoms with Crippen LogP contribution in [0.1, 0.15) is 29.8 Å². The van der Waals surface area contributed by atoms with Crippen molar-refractivity contribution in [3.8, 4) is 5.88 Å². The number of aryl methyl sites for hydroxylation is 1. The molecule has 2 fully saturated rings. The molecule has 2 aliphatic rings. The van der Waals surface area contributed by atoms with Gasteiger partial charge in [-0.15, -0.1) is 11.3 Å². The fourth-order valence-electron chi connectivity index (χ4n) is 3.96. The summed E-state index contributed by atoms with van der Waals surface area (Å²) in [6.45, 7) is 6.30. The molecule has 224 valence electrons. The predicted molar refractivity (Wildman–Crippen MR) is 125 cm³/mol. The Morgan fingerprint density at radius 3 is 2.25 bits per heavy atom. The lowest BCUT2D eigenvalue weighted by atomic mass is 9.79. The Balaban J connectivity index is 0.000000333. The van der Waals surface area contributed by atoms with Gasteiger partial charge in [-0.05, 0) is 44.2 Å². The van der Waals surface area contributed by atoms with E-state index in [1.54, 1.807) is 23.6 Å². The number of hydrogen-bond donors (Lipinski definition) is 2. The third-order valence-electron chi connectivity index (χ3n) is 5.81. The standard InChI is InChI=1S/C19H24FN3O2S.2C2HF3O2/c1-14-17(26-13-22-14)10-23-11-19(12-23)9-15(5-8-25-19)4-7-24-18-16(20)3-2-6-21-18;2*3-2(4,5)1(6)7/h2-3,6,13,15H,4-5,7-12H2,1H3;2*(H,6,7). The van der Waals surface area contributed by atoms with Crippen LogP contribution in [-0.2, 0) is 20.9 Å². The summed E-state index contributed by atoms with van der Waals surface area (Å²) in [6.07, 6.45) is -5.60. The molecule has 0 aliphatic carbocycles. The summed E-state index contributed by atoms with van der Waals surface area (Å²) in [5, 5.41) is 14.2. The van der Waals surface area contributed by atoms with Crippen LogP contribution in [0.4, 0.5) is 30.7 Å². The average molecular weight is 606 g/mol. The Kier molecular flexibility index (Phi) is 11.6. The molecule has 2 aromatic rings. The quantitative estimate of drug-likeness (QED) is 0.451. The number of halogens is 7. The molecule has 40 heavy (non-hydrogen) atoms. The molecule has 0 radical (unpaired) electrons. The van der Waals surface area contributed by atoms with Gasteiger partial charge in [-0.2, -0.15) is 26.3 Å². The molecule has 2 N–H and O–H groups in total. The van der Waals surface area contributed by atoms with Crippen LogP contribution in [0.15, 0.2) is 23.8 Å². The van der Waals surface area contributed by atoms with Gasteiger partial charge in [0.15, 0.2) is 5.82 Å². The highest BCUT2D eigenvalue weighted by molar-refractivity contribution is 7.09. The van der Waals surface area contributed by atoms with Gasteiger partial charge >= 0.3 is 24.3 Å². The van der Waals surface area contributed by atoms with Gasteiger partial charge in [0, 0.05) is 37.3 Å². The summed E-state index contributed by atoms with van der Waals surface area (Å²) in [6, 6.07) is 2.94. The molecule has 2 aromatic heterocycles. The molecule has 17 heteroatoms. The summed E-state index contributed by atoms with van der Waals surface area (Å²) in [5.41, 5.74) is 3.05. The lowest BCUT2D eigenvalue weighted by Gasteiger charge is -2.53. The van der Waals surface area contributed by atoms with Crippen molar-refractivity contribution in [2.24, 2.45) is 5.92 Å². The second-order valence-electron chi connectivity index (χ2n) is 8.93. The average Bonchev–Trinajstić information content (AvgIpc) is 3.23. The first kappa shape index (κ1) is 33.2. The van der Waals surface area contributed by atoms with E-state index in [9.17, 15) is 30.7 Å². The first-order valence-corrected chi connectivity index (χ1v) is 12.5. The number of carbonyl (C=O) groups is 2. The number of pyridine rings is 1. The zero-order valence-corrected chi connectivity index (χ0v) is 21.8. The second kappa shape index (κ2) is 14.0. The number of aromatic nitrogens is 2. The largest absolute Gasteiger partial charge is 0.490 e. The van der Waals surface area contributed by atoms with Gasteiger partial charge in [0.2, 0.25) is 5.88 Å². The molecule has 0 aromatic carbocycles. The molecule has 2 aliphatic heterocycles. The van der Waals surface area contributed by atoms with Crippen LogP contribution < -0.4 is 4.74 Å². The Morgan fingerprint density at radius 1 is 1.15 bits per heavy atom. The van der Waals surface area contributed by atoms with Crippen LogP contribution >= 0.6 is 11.3 Å². The van der Waals surface area contributed by atoms with Crippen LogP contribution in [0.25, 0.3) is 0 Å². The minimum atomic E-state index is -5.08. The molecule has 1 unspecified atom stereocenters. The second-order valence-corrected chi connectivity index (χ2v) is 9.87. The Labute approximate surface area is 227 Å². The highest BCUT2D eigenvalue weighted by atomic mass is 32.1. The maximum Gasteiger partial charge on any atom is 0.490 e. The lowest BCUT2D eigenvalue weighted by Crippen LogP contribution is -2.64. The number of aliphatic carboxylic acids is 2. The molecule has 1 spiro atoms. The molecular weight excluding hydrogens is 579 g/mol. The number of likely N-dealkylation sites (tertiary alicyclic amines) is 1. The highest BCUT2D eigenvalue weighted by Gasteiger charge is 2.47. The van der Waals surface area contributed by atoms with Gasteiger partial charge in [0.25, 0.3) is 0 Å². The molecule has 4 heterocycles. The number of nitrogens with zero attached hydrogens (tertiary/aromatic N) is 3. The number of alkyl halides is 6. The normalized spacial score (nSPS) is 18.4. The van der Waals surface area contributed by atoms with E-state index in [2.05, 4.69) is 21.8 Å². The van der Waals surface area contributed by atoms with Crippen LogP contribution in [0.3, 0.4) is 0 Å². The number of carboxylic acid groups (broad SMARTS) is 2. The smallest absolute Gasteiger partial charge is 0.476 e. The van der Waals surface area contributed by atoms with E-state index < -0.39 is 30.1 Å². The van der Waals surface area contributed by atoms with Crippen LogP contribution in [-0.4, -0.2) is 81.3 Å². The van der Waals surface area contributed by atoms with Gasteiger partial charge in [-0.1, -0.05) is 0 Å². The molecule has 4 rings (SSSR count). The Morgan fingerprint density at radius 2 is 1.75 bits per heavy atom. The maximum absolute atomic E-state index is 13.6. The van der Waals surface area contributed by atoms with Gasteiger partial charge in [0.05, 0.1) is 23.4 Å². The summed E-state index contributed by atoms with van der Waals surface area (Å²) in [7, 11) is 0. The first-order valence-electron chi connectivity index (χ1n) is 11.6. The third kappa shape index (κ3) is 10.5. The monoisotopic (exact) mass is 605 g/mol. The minimum absolute atomic E-state index is 0.00223. The Hall–Kier alpha value is -3.05. The summed E-state index contributed by atoms with van der Waals surface area (Å²) in [4.78, 5) is 29.8. The number of ether oxygens (including phenoxy) is 2. The van der Waals surface area contributed by atoms with Crippen molar-refractivity contribution in [2.45, 2.75) is 50.7 Å². The van der Waals surface area contributed by atoms with E-state index in [0.29, 0.717) is 12.5 Å². The van der Waals surface area contributed by atoms with Crippen molar-refractivity contribution in [1.82, 2.24) is 14.9 Å². The van der Waals surface area contributed by atoms with E-state index in [4.69, 9.17) is 29.3 Å². The zero-order valence-electron chi connectivity index (χ0n) is 21.0. The molecule has 0 bridgehead atoms. The van der Waals surface area contributed by atoms with Crippen molar-refractivity contribution in [1.29, 1.82) is 0 Å². The van der Waals surface area contributed by atoms with Gasteiger partial charge < -0.3 is 19.7 Å². The number of thiazole rings is 1. The molecule has 1 atom stereocenters. The summed E-state index contributed by atoms with van der Waals surface area (Å²) < 4.78 is 88.7. The van der Waals surface area contributed by atoms with Crippen molar-refractivity contribution in [3.05, 3.63) is 40.2 Å². The molecule has 0 amide bonds. The van der Waals surface area contributed by atoms with Crippen molar-refractivity contribution in [3.63, 3.8) is 0 Å². The van der Waals surface area contributed by atoms with Crippen LogP contribution in [0, 0.1) is 18.7 Å². The molecule has 2 saturated heterocycles. The first-order chi connectivity index (χ1) is 18.5. The fraction of sp³-hybridized carbons (Fsp3) is 0.565. The number of carboxylic acids is 2. The van der Waals surface area contributed by atoms with Crippen molar-refractivity contribution in [2.75, 3.05) is 26.3 Å². The van der Waals surface area contributed by atoms with E-state index in [1.807, 2.05) is 5.51 Å². The molecule has 9 nitrogen and oxygen atoms in total. The van der Waals surface area contributed by atoms with E-state index >= 15 is 0 Å². The number of rotatable bonds is 6. The topological polar surface area (TPSA) is 122 Å². The maximum atomic E-state index is 13.6. The van der Waals surface area contributed by atoms with Crippen LogP contribution in [0.2, 0.25) is 0 Å². The third-order valence-corrected chi connectivity index (χ3v) is 6.73. The van der Waals surface area contributed by atoms with Crippen LogP contribution in [0.5, 0.6) is 5.88 Å². The number of hydrogen-bond acceptors (Lipinski definition) is 8. The summed E-state index contributed by atoms with van der Waals surface area (Å²) >= 11 is 1.73. The van der Waals surface area contributed by atoms with Crippen molar-refractivity contribution < 1.29 is 60.0 Å². The Bertz CT molecular complexity index is 1100. The SMILES string of the molecule is Cc1ncsc1CN1CC2(CC(CCOc3ncccc3F)CCO2)C1.O=C(O)C(F)(F)F.O=C(O)C(F)(F)F. The van der Waals surface area contributed by atoms with Crippen molar-refractivity contribution >= 4 is 23.3 Å². The fourth-order valence-corrected chi connectivity index (χ4v) is 4.78. The van der Waals surface area contributed by atoms with E-state index in [0.717, 1.165) is 51.2 Å². The van der Waals surface area contributed by atoms with Gasteiger partial charge in [-0.25, -0.2) is 23.9 Å². The molecule has 0 saturated carbocycles. The summed E-state index contributed by atoms with van der Waals surface area (Å²) in [5.74, 6) is -5.25. The van der Waals surface area contributed by atoms with E-state index in [-0.39, 0.29) is 11.5 Å². The molecular formula is C23H26F7N3O6S. The van der Waals surface area contributed by atoms with Gasteiger partial charge in [0.1, 0.15) is 0 Å². The van der Waals surface area contributed by atoms with Gasteiger partial charge in [-0.3, -0.25) is 4.90 Å². The lowest BCUT2D eigenvalue weighted by molar-refractivity contribution is -0.193. The zero-order chi connectivity index (χ0) is 30.1. The minimum Gasteiger partial charge on any atom is -0.476 e. The highest BCUT2D eigenvalue weighted by Crippen LogP contribution is 2.39. The predicted octanol–water partition coefficient (Wildman–Crippen LogP) is 4.70.